The van der Waals surface area contributed by atoms with Gasteiger partial charge >= 0.3 is 12.0 Å². The number of rotatable bonds is 6. The molecule has 0 unspecified atom stereocenters. The number of fused-ring (bicyclic) bond motifs is 1. The van der Waals surface area contributed by atoms with Crippen molar-refractivity contribution in [3.8, 4) is 0 Å². The second kappa shape index (κ2) is 8.00. The number of hydrogen-bond acceptors (Lipinski definition) is 7. The lowest BCUT2D eigenvalue weighted by Crippen LogP contribution is -2.41. The lowest BCUT2D eigenvalue weighted by atomic mass is 10.3. The van der Waals surface area contributed by atoms with E-state index in [0.29, 0.717) is 15.9 Å². The number of nitrogens with one attached hydrogen (secondary N) is 2. The average Bonchev–Trinajstić information content (AvgIpc) is 2.98. The Bertz CT molecular complexity index is 921. The highest BCUT2D eigenvalue weighted by Crippen LogP contribution is 2.29. The zero-order valence-corrected chi connectivity index (χ0v) is 16.5. The third-order valence-corrected chi connectivity index (χ3v) is 7.06. The number of nitrogens with zero attached hydrogens (tertiary/aromatic N) is 1. The normalized spacial score (nSPS) is 12.8. The van der Waals surface area contributed by atoms with E-state index < -0.39 is 33.1 Å². The van der Waals surface area contributed by atoms with E-state index in [-0.39, 0.29) is 10.9 Å². The largest absolute Gasteiger partial charge is 0.464 e. The molecule has 0 fully saturated rings. The molecule has 0 aliphatic carbocycles. The fraction of sp³-hybridized carbons (Fsp3) is 0.438. The van der Waals surface area contributed by atoms with Crippen molar-refractivity contribution >= 4 is 49.1 Å². The summed E-state index contributed by atoms with van der Waals surface area (Å²) in [6.45, 7) is 6.64. The topological polar surface area (TPSA) is 114 Å². The number of esters is 1. The van der Waals surface area contributed by atoms with Gasteiger partial charge in [-0.15, -0.1) is 11.3 Å². The van der Waals surface area contributed by atoms with Crippen LogP contribution < -0.4 is 10.6 Å². The van der Waals surface area contributed by atoms with Crippen LogP contribution in [-0.2, 0) is 19.4 Å². The predicted octanol–water partition coefficient (Wildman–Crippen LogP) is 2.55. The number of aromatic nitrogens is 1. The average molecular weight is 399 g/mol. The molecule has 10 heteroatoms. The molecule has 1 atom stereocenters. The van der Waals surface area contributed by atoms with E-state index in [4.69, 9.17) is 4.74 Å². The van der Waals surface area contributed by atoms with Crippen molar-refractivity contribution in [2.45, 2.75) is 43.3 Å². The van der Waals surface area contributed by atoms with Crippen LogP contribution in [0.3, 0.4) is 0 Å². The van der Waals surface area contributed by atoms with Crippen LogP contribution in [0.5, 0.6) is 0 Å². The molecule has 1 heterocycles. The summed E-state index contributed by atoms with van der Waals surface area (Å²) in [5.41, 5.74) is 1.00. The smallest absolute Gasteiger partial charge is 0.328 e. The lowest BCUT2D eigenvalue weighted by molar-refractivity contribution is -0.144. The maximum atomic E-state index is 12.2. The maximum Gasteiger partial charge on any atom is 0.328 e. The first-order valence-corrected chi connectivity index (χ1v) is 10.4. The molecule has 0 saturated heterocycles. The van der Waals surface area contributed by atoms with Crippen molar-refractivity contribution < 1.29 is 22.7 Å². The first kappa shape index (κ1) is 20.1. The first-order chi connectivity index (χ1) is 12.1. The van der Waals surface area contributed by atoms with E-state index in [0.717, 1.165) is 11.3 Å². The van der Waals surface area contributed by atoms with Crippen LogP contribution in [0.2, 0.25) is 0 Å². The van der Waals surface area contributed by atoms with E-state index >= 15 is 0 Å². The Labute approximate surface area is 155 Å². The molecular weight excluding hydrogens is 378 g/mol. The lowest BCUT2D eigenvalue weighted by Gasteiger charge is -2.13. The van der Waals surface area contributed by atoms with Crippen LogP contribution >= 0.6 is 11.3 Å². The molecule has 2 rings (SSSR count). The van der Waals surface area contributed by atoms with Crippen molar-refractivity contribution in [2.75, 3.05) is 11.9 Å². The Morgan fingerprint density at radius 1 is 1.27 bits per heavy atom. The minimum atomic E-state index is -3.45. The Morgan fingerprint density at radius 3 is 2.58 bits per heavy atom. The standard InChI is InChI=1S/C16H21N3O5S2/c1-5-24-14(20)10(4)17-15(21)18-11-6-7-12-13(8-11)25-16(19-12)26(22,23)9(2)3/h6-10H,5H2,1-4H3,(H2,17,18,21)/t10-/m0/s1. The molecule has 8 nitrogen and oxygen atoms in total. The van der Waals surface area contributed by atoms with Crippen molar-refractivity contribution in [3.63, 3.8) is 0 Å². The molecule has 0 aliphatic rings. The molecule has 2 aromatic rings. The van der Waals surface area contributed by atoms with E-state index in [1.165, 1.54) is 6.92 Å². The molecular formula is C16H21N3O5S2. The van der Waals surface area contributed by atoms with E-state index in [1.54, 1.807) is 39.0 Å². The molecule has 2 amide bonds. The van der Waals surface area contributed by atoms with Gasteiger partial charge in [-0.3, -0.25) is 0 Å². The third-order valence-electron chi connectivity index (χ3n) is 3.48. The van der Waals surface area contributed by atoms with Gasteiger partial charge < -0.3 is 15.4 Å². The summed E-state index contributed by atoms with van der Waals surface area (Å²) in [5, 5.41) is 4.52. The number of hydrogen-bond donors (Lipinski definition) is 2. The van der Waals surface area contributed by atoms with Crippen LogP contribution in [0.15, 0.2) is 22.5 Å². The second-order valence-electron chi connectivity index (χ2n) is 5.83. The van der Waals surface area contributed by atoms with Gasteiger partial charge in [0.1, 0.15) is 6.04 Å². The zero-order chi connectivity index (χ0) is 19.5. The fourth-order valence-electron chi connectivity index (χ4n) is 1.99. The predicted molar refractivity (Wildman–Crippen MR) is 100 cm³/mol. The van der Waals surface area contributed by atoms with Gasteiger partial charge in [-0.1, -0.05) is 0 Å². The quantitative estimate of drug-likeness (QED) is 0.722. The Morgan fingerprint density at radius 2 is 1.96 bits per heavy atom. The Balaban J connectivity index is 2.14. The highest BCUT2D eigenvalue weighted by atomic mass is 32.2. The number of thiazole rings is 1. The van der Waals surface area contributed by atoms with Gasteiger partial charge in [0.05, 0.1) is 22.1 Å². The highest BCUT2D eigenvalue weighted by molar-refractivity contribution is 7.94. The Hall–Kier alpha value is -2.20. The number of ether oxygens (including phenoxy) is 1. The summed E-state index contributed by atoms with van der Waals surface area (Å²) in [4.78, 5) is 27.7. The summed E-state index contributed by atoms with van der Waals surface area (Å²) >= 11 is 1.05. The van der Waals surface area contributed by atoms with Gasteiger partial charge in [0.15, 0.2) is 0 Å². The number of carbonyl (C=O) groups is 2. The van der Waals surface area contributed by atoms with Crippen LogP contribution in [0, 0.1) is 0 Å². The molecule has 1 aromatic heterocycles. The number of amides is 2. The number of sulfone groups is 1. The highest BCUT2D eigenvalue weighted by Gasteiger charge is 2.23. The van der Waals surface area contributed by atoms with Crippen LogP contribution in [-0.4, -0.2) is 43.3 Å². The van der Waals surface area contributed by atoms with Crippen LogP contribution in [0.1, 0.15) is 27.7 Å². The zero-order valence-electron chi connectivity index (χ0n) is 14.9. The maximum absolute atomic E-state index is 12.2. The van der Waals surface area contributed by atoms with Gasteiger partial charge in [0, 0.05) is 5.69 Å². The van der Waals surface area contributed by atoms with Crippen molar-refractivity contribution in [2.24, 2.45) is 0 Å². The van der Waals surface area contributed by atoms with Gasteiger partial charge in [-0.25, -0.2) is 23.0 Å². The van der Waals surface area contributed by atoms with Gasteiger partial charge in [0.25, 0.3) is 0 Å². The monoisotopic (exact) mass is 399 g/mol. The Kier molecular flexibility index (Phi) is 6.19. The molecule has 2 N–H and O–H groups in total. The summed E-state index contributed by atoms with van der Waals surface area (Å²) in [7, 11) is -3.45. The molecule has 0 aliphatic heterocycles. The third kappa shape index (κ3) is 4.50. The van der Waals surface area contributed by atoms with E-state index in [2.05, 4.69) is 15.6 Å². The van der Waals surface area contributed by atoms with Gasteiger partial charge in [-0.2, -0.15) is 0 Å². The number of anilines is 1. The molecule has 0 radical (unpaired) electrons. The summed E-state index contributed by atoms with van der Waals surface area (Å²) in [5.74, 6) is -0.524. The molecule has 0 saturated carbocycles. The van der Waals surface area contributed by atoms with Gasteiger partial charge in [0.2, 0.25) is 14.2 Å². The van der Waals surface area contributed by atoms with Crippen LogP contribution in [0.4, 0.5) is 10.5 Å². The fourth-order valence-corrected chi connectivity index (χ4v) is 4.67. The van der Waals surface area contributed by atoms with Crippen molar-refractivity contribution in [1.29, 1.82) is 0 Å². The first-order valence-electron chi connectivity index (χ1n) is 8.03. The second-order valence-corrected chi connectivity index (χ2v) is 9.54. The number of urea groups is 1. The van der Waals surface area contributed by atoms with Gasteiger partial charge in [-0.05, 0) is 45.9 Å². The molecule has 142 valence electrons. The molecule has 0 spiro atoms. The molecule has 0 bridgehead atoms. The molecule has 26 heavy (non-hydrogen) atoms. The van der Waals surface area contributed by atoms with Crippen molar-refractivity contribution in [1.82, 2.24) is 10.3 Å². The van der Waals surface area contributed by atoms with E-state index in [1.807, 2.05) is 0 Å². The number of carbonyl (C=O) groups excluding carboxylic acids is 2. The molecule has 1 aromatic carbocycles. The van der Waals surface area contributed by atoms with Crippen LogP contribution in [0.25, 0.3) is 10.2 Å². The van der Waals surface area contributed by atoms with E-state index in [9.17, 15) is 18.0 Å². The SMILES string of the molecule is CCOC(=O)[C@H](C)NC(=O)Nc1ccc2nc(S(=O)(=O)C(C)C)sc2c1. The summed E-state index contributed by atoms with van der Waals surface area (Å²) in [6.07, 6.45) is 0. The minimum Gasteiger partial charge on any atom is -0.464 e. The minimum absolute atomic E-state index is 0.0556. The van der Waals surface area contributed by atoms with Crippen molar-refractivity contribution in [3.05, 3.63) is 18.2 Å². The number of benzene rings is 1. The summed E-state index contributed by atoms with van der Waals surface area (Å²) < 4.78 is 30.0. The summed E-state index contributed by atoms with van der Waals surface area (Å²) in [6, 6.07) is 3.54.